The van der Waals surface area contributed by atoms with Gasteiger partial charge in [0.1, 0.15) is 0 Å². The Hall–Kier alpha value is -2.08. The Morgan fingerprint density at radius 3 is 2.50 bits per heavy atom. The summed E-state index contributed by atoms with van der Waals surface area (Å²) in [7, 11) is 1.36. The SMILES string of the molecule is COC(=O)C1=C(C)N=C2SCCC(=O)N2C1c1ccc(C(C)(C)C)cc1. The number of carbonyl (C=O) groups is 2. The number of allylic oxidation sites excluding steroid dienone is 1. The van der Waals surface area contributed by atoms with Crippen molar-refractivity contribution >= 4 is 28.8 Å². The largest absolute Gasteiger partial charge is 0.466 e. The van der Waals surface area contributed by atoms with E-state index in [1.807, 2.05) is 12.1 Å². The van der Waals surface area contributed by atoms with Crippen molar-refractivity contribution in [2.45, 2.75) is 45.6 Å². The second-order valence-electron chi connectivity index (χ2n) is 7.52. The molecule has 2 heterocycles. The second kappa shape index (κ2) is 6.91. The van der Waals surface area contributed by atoms with E-state index in [1.54, 1.807) is 23.6 Å². The van der Waals surface area contributed by atoms with Gasteiger partial charge in [0.2, 0.25) is 5.91 Å². The number of hydrogen-bond donors (Lipinski definition) is 0. The van der Waals surface area contributed by atoms with Crippen molar-refractivity contribution in [2.24, 2.45) is 4.99 Å². The molecule has 0 aliphatic carbocycles. The maximum atomic E-state index is 12.7. The van der Waals surface area contributed by atoms with Crippen LogP contribution in [0.4, 0.5) is 0 Å². The Labute approximate surface area is 158 Å². The van der Waals surface area contributed by atoms with Crippen molar-refractivity contribution in [2.75, 3.05) is 12.9 Å². The van der Waals surface area contributed by atoms with E-state index >= 15 is 0 Å². The number of ether oxygens (including phenoxy) is 1. The van der Waals surface area contributed by atoms with Gasteiger partial charge in [-0.3, -0.25) is 9.69 Å². The standard InChI is InChI=1S/C20H24N2O3S/c1-12-16(18(24)25-5)17(22-15(23)10-11-26-19(22)21-12)13-6-8-14(9-7-13)20(2,3)4/h6-9,17H,10-11H2,1-5H3. The fourth-order valence-corrected chi connectivity index (χ4v) is 4.26. The summed E-state index contributed by atoms with van der Waals surface area (Å²) in [6.07, 6.45) is 0.438. The van der Waals surface area contributed by atoms with Crippen LogP contribution in [0.15, 0.2) is 40.5 Å². The van der Waals surface area contributed by atoms with Gasteiger partial charge in [-0.15, -0.1) is 0 Å². The molecule has 1 aromatic carbocycles. The Kier molecular flexibility index (Phi) is 4.97. The zero-order valence-electron chi connectivity index (χ0n) is 15.8. The smallest absolute Gasteiger partial charge is 0.338 e. The molecular formula is C20H24N2O3S. The van der Waals surface area contributed by atoms with E-state index in [0.29, 0.717) is 28.6 Å². The summed E-state index contributed by atoms with van der Waals surface area (Å²) in [5.74, 6) is 0.255. The van der Waals surface area contributed by atoms with Crippen LogP contribution in [0.2, 0.25) is 0 Å². The number of nitrogens with zero attached hydrogens (tertiary/aromatic N) is 2. The van der Waals surface area contributed by atoms with Crippen molar-refractivity contribution < 1.29 is 14.3 Å². The van der Waals surface area contributed by atoms with Crippen molar-refractivity contribution in [3.8, 4) is 0 Å². The van der Waals surface area contributed by atoms with E-state index in [9.17, 15) is 9.59 Å². The molecule has 1 atom stereocenters. The molecule has 138 valence electrons. The van der Waals surface area contributed by atoms with Gasteiger partial charge in [-0.2, -0.15) is 0 Å². The summed E-state index contributed by atoms with van der Waals surface area (Å²) in [6.45, 7) is 8.26. The molecular weight excluding hydrogens is 348 g/mol. The zero-order chi connectivity index (χ0) is 19.1. The summed E-state index contributed by atoms with van der Waals surface area (Å²) < 4.78 is 4.99. The Bertz CT molecular complexity index is 803. The van der Waals surface area contributed by atoms with E-state index in [0.717, 1.165) is 5.56 Å². The molecule has 0 aromatic heterocycles. The number of carbonyl (C=O) groups excluding carboxylic acids is 2. The van der Waals surface area contributed by atoms with Gasteiger partial charge in [-0.25, -0.2) is 9.79 Å². The van der Waals surface area contributed by atoms with E-state index in [-0.39, 0.29) is 11.3 Å². The van der Waals surface area contributed by atoms with Crippen LogP contribution in [0.5, 0.6) is 0 Å². The van der Waals surface area contributed by atoms with Crippen molar-refractivity contribution in [1.29, 1.82) is 0 Å². The van der Waals surface area contributed by atoms with Crippen LogP contribution in [0.1, 0.15) is 51.3 Å². The molecule has 2 aliphatic rings. The maximum Gasteiger partial charge on any atom is 0.338 e. The lowest BCUT2D eigenvalue weighted by Crippen LogP contribution is -2.45. The average molecular weight is 372 g/mol. The van der Waals surface area contributed by atoms with Gasteiger partial charge in [-0.05, 0) is 23.5 Å². The summed E-state index contributed by atoms with van der Waals surface area (Å²) >= 11 is 1.55. The van der Waals surface area contributed by atoms with E-state index < -0.39 is 12.0 Å². The fraction of sp³-hybridized carbons (Fsp3) is 0.450. The molecule has 1 aromatic rings. The first-order chi connectivity index (χ1) is 12.2. The molecule has 3 rings (SSSR count). The number of benzene rings is 1. The molecule has 1 unspecified atom stereocenters. The monoisotopic (exact) mass is 372 g/mol. The Morgan fingerprint density at radius 2 is 1.92 bits per heavy atom. The van der Waals surface area contributed by atoms with Gasteiger partial charge in [0, 0.05) is 12.2 Å². The number of hydrogen-bond acceptors (Lipinski definition) is 5. The van der Waals surface area contributed by atoms with Crippen LogP contribution in [0.3, 0.4) is 0 Å². The van der Waals surface area contributed by atoms with Gasteiger partial charge in [-0.1, -0.05) is 56.8 Å². The Balaban J connectivity index is 2.12. The van der Waals surface area contributed by atoms with Crippen molar-refractivity contribution in [3.05, 3.63) is 46.7 Å². The lowest BCUT2D eigenvalue weighted by Gasteiger charge is -2.39. The highest BCUT2D eigenvalue weighted by Crippen LogP contribution is 2.40. The summed E-state index contributed by atoms with van der Waals surface area (Å²) in [4.78, 5) is 31.3. The summed E-state index contributed by atoms with van der Waals surface area (Å²) in [5, 5.41) is 0.663. The summed E-state index contributed by atoms with van der Waals surface area (Å²) in [6, 6.07) is 7.62. The third kappa shape index (κ3) is 3.30. The molecule has 5 nitrogen and oxygen atoms in total. The number of amides is 1. The molecule has 6 heteroatoms. The van der Waals surface area contributed by atoms with Crippen LogP contribution in [-0.4, -0.2) is 34.8 Å². The van der Waals surface area contributed by atoms with Crippen molar-refractivity contribution in [3.63, 3.8) is 0 Å². The highest BCUT2D eigenvalue weighted by molar-refractivity contribution is 8.14. The number of thioether (sulfide) groups is 1. The fourth-order valence-electron chi connectivity index (χ4n) is 3.25. The minimum Gasteiger partial charge on any atom is -0.466 e. The van der Waals surface area contributed by atoms with Gasteiger partial charge in [0.05, 0.1) is 24.4 Å². The normalized spacial score (nSPS) is 20.7. The Morgan fingerprint density at radius 1 is 1.27 bits per heavy atom. The molecule has 0 spiro atoms. The highest BCUT2D eigenvalue weighted by Gasteiger charge is 2.41. The minimum atomic E-state index is -0.496. The van der Waals surface area contributed by atoms with Gasteiger partial charge in [0.25, 0.3) is 0 Å². The third-order valence-electron chi connectivity index (χ3n) is 4.70. The molecule has 1 amide bonds. The summed E-state index contributed by atoms with van der Waals surface area (Å²) in [5.41, 5.74) is 3.16. The number of aliphatic imine (C=N–C) groups is 1. The molecule has 0 radical (unpaired) electrons. The molecule has 0 N–H and O–H groups in total. The topological polar surface area (TPSA) is 59.0 Å². The molecule has 1 fully saturated rings. The third-order valence-corrected chi connectivity index (χ3v) is 5.66. The number of methoxy groups -OCH3 is 1. The van der Waals surface area contributed by atoms with Crippen molar-refractivity contribution in [1.82, 2.24) is 4.90 Å². The number of esters is 1. The van der Waals surface area contributed by atoms with Crippen LogP contribution >= 0.6 is 11.8 Å². The minimum absolute atomic E-state index is 0.0127. The predicted molar refractivity (Wildman–Crippen MR) is 104 cm³/mol. The van der Waals surface area contributed by atoms with Crippen LogP contribution in [0, 0.1) is 0 Å². The molecule has 2 aliphatic heterocycles. The molecule has 1 saturated heterocycles. The van der Waals surface area contributed by atoms with Gasteiger partial charge < -0.3 is 4.74 Å². The highest BCUT2D eigenvalue weighted by atomic mass is 32.2. The number of fused-ring (bicyclic) bond motifs is 1. The first-order valence-electron chi connectivity index (χ1n) is 8.67. The molecule has 26 heavy (non-hydrogen) atoms. The molecule has 0 bridgehead atoms. The first kappa shape index (κ1) is 18.7. The van der Waals surface area contributed by atoms with Gasteiger partial charge >= 0.3 is 5.97 Å². The lowest BCUT2D eigenvalue weighted by atomic mass is 9.85. The van der Waals surface area contributed by atoms with Gasteiger partial charge in [0.15, 0.2) is 5.17 Å². The van der Waals surface area contributed by atoms with E-state index in [1.165, 1.54) is 12.7 Å². The number of rotatable bonds is 2. The van der Waals surface area contributed by atoms with Crippen LogP contribution in [0.25, 0.3) is 0 Å². The predicted octanol–water partition coefficient (Wildman–Crippen LogP) is 3.81. The van der Waals surface area contributed by atoms with Crippen LogP contribution < -0.4 is 0 Å². The first-order valence-corrected chi connectivity index (χ1v) is 9.65. The van der Waals surface area contributed by atoms with E-state index in [2.05, 4.69) is 37.9 Å². The molecule has 0 saturated carbocycles. The van der Waals surface area contributed by atoms with Crippen LogP contribution in [-0.2, 0) is 19.7 Å². The zero-order valence-corrected chi connectivity index (χ0v) is 16.6. The second-order valence-corrected chi connectivity index (χ2v) is 8.58. The lowest BCUT2D eigenvalue weighted by molar-refractivity contribution is -0.137. The van der Waals surface area contributed by atoms with E-state index in [4.69, 9.17) is 4.74 Å². The quantitative estimate of drug-likeness (QED) is 0.741. The average Bonchev–Trinajstić information content (AvgIpc) is 2.59. The maximum absolute atomic E-state index is 12.7. The number of amidine groups is 1.